The van der Waals surface area contributed by atoms with Gasteiger partial charge in [-0.05, 0) is 49.9 Å². The van der Waals surface area contributed by atoms with Crippen molar-refractivity contribution in [3.8, 4) is 5.75 Å². The van der Waals surface area contributed by atoms with Gasteiger partial charge in [-0.15, -0.1) is 0 Å². The quantitative estimate of drug-likeness (QED) is 0.915. The van der Waals surface area contributed by atoms with E-state index in [1.807, 2.05) is 38.1 Å². The topological polar surface area (TPSA) is 38.3 Å². The summed E-state index contributed by atoms with van der Waals surface area (Å²) in [5.41, 5.74) is 5.44. The van der Waals surface area contributed by atoms with Gasteiger partial charge in [0.25, 0.3) is 0 Å². The van der Waals surface area contributed by atoms with Gasteiger partial charge in [0, 0.05) is 5.69 Å². The number of benzene rings is 2. The second-order valence-corrected chi connectivity index (χ2v) is 6.08. The number of ether oxygens (including phenoxy) is 1. The third-order valence-corrected chi connectivity index (χ3v) is 4.17. The number of hydrogen-bond donors (Lipinski definition) is 1. The predicted molar refractivity (Wildman–Crippen MR) is 88.4 cm³/mol. The Labute approximate surface area is 131 Å². The Balaban J connectivity index is 1.77. The SMILES string of the molecule is Cc1cc(C)c(NC(=O)[C@H]2COc3ccccc3C2)c(C)c1. The molecule has 22 heavy (non-hydrogen) atoms. The number of amides is 1. The molecule has 1 aliphatic rings. The van der Waals surface area contributed by atoms with E-state index in [0.717, 1.165) is 34.5 Å². The lowest BCUT2D eigenvalue weighted by atomic mass is 9.95. The summed E-state index contributed by atoms with van der Waals surface area (Å²) >= 11 is 0. The number of rotatable bonds is 2. The van der Waals surface area contributed by atoms with Gasteiger partial charge in [0.05, 0.1) is 5.92 Å². The summed E-state index contributed by atoms with van der Waals surface area (Å²) in [5, 5.41) is 3.09. The second-order valence-electron chi connectivity index (χ2n) is 6.08. The molecule has 3 nitrogen and oxygen atoms in total. The number of carbonyl (C=O) groups excluding carboxylic acids is 1. The third kappa shape index (κ3) is 2.84. The molecular formula is C19H21NO2. The minimum Gasteiger partial charge on any atom is -0.492 e. The van der Waals surface area contributed by atoms with Gasteiger partial charge < -0.3 is 10.1 Å². The summed E-state index contributed by atoms with van der Waals surface area (Å²) in [6.07, 6.45) is 0.728. The van der Waals surface area contributed by atoms with E-state index in [1.165, 1.54) is 5.56 Å². The lowest BCUT2D eigenvalue weighted by Crippen LogP contribution is -2.33. The van der Waals surface area contributed by atoms with Crippen molar-refractivity contribution in [3.63, 3.8) is 0 Å². The number of fused-ring (bicyclic) bond motifs is 1. The fourth-order valence-corrected chi connectivity index (χ4v) is 3.10. The molecule has 1 atom stereocenters. The molecule has 1 aliphatic heterocycles. The van der Waals surface area contributed by atoms with Crippen LogP contribution in [0.4, 0.5) is 5.69 Å². The Morgan fingerprint density at radius 2 is 1.82 bits per heavy atom. The van der Waals surface area contributed by atoms with Crippen molar-refractivity contribution in [2.24, 2.45) is 5.92 Å². The van der Waals surface area contributed by atoms with Crippen molar-refractivity contribution in [1.29, 1.82) is 0 Å². The summed E-state index contributed by atoms with van der Waals surface area (Å²) in [7, 11) is 0. The fourth-order valence-electron chi connectivity index (χ4n) is 3.10. The van der Waals surface area contributed by atoms with E-state index in [0.29, 0.717) is 6.61 Å². The molecular weight excluding hydrogens is 274 g/mol. The number of nitrogens with one attached hydrogen (secondary N) is 1. The van der Waals surface area contributed by atoms with E-state index in [1.54, 1.807) is 0 Å². The number of carbonyl (C=O) groups is 1. The van der Waals surface area contributed by atoms with E-state index in [4.69, 9.17) is 4.74 Å². The van der Waals surface area contributed by atoms with Crippen molar-refractivity contribution >= 4 is 11.6 Å². The first-order chi connectivity index (χ1) is 10.5. The van der Waals surface area contributed by atoms with Crippen LogP contribution in [-0.4, -0.2) is 12.5 Å². The van der Waals surface area contributed by atoms with Crippen molar-refractivity contribution in [2.75, 3.05) is 11.9 Å². The average molecular weight is 295 g/mol. The molecule has 1 amide bonds. The maximum atomic E-state index is 12.6. The highest BCUT2D eigenvalue weighted by molar-refractivity contribution is 5.94. The van der Waals surface area contributed by atoms with E-state index in [2.05, 4.69) is 24.4 Å². The van der Waals surface area contributed by atoms with Crippen LogP contribution >= 0.6 is 0 Å². The van der Waals surface area contributed by atoms with E-state index < -0.39 is 0 Å². The highest BCUT2D eigenvalue weighted by Crippen LogP contribution is 2.28. The molecule has 0 saturated carbocycles. The van der Waals surface area contributed by atoms with E-state index in [9.17, 15) is 4.79 Å². The van der Waals surface area contributed by atoms with Crippen LogP contribution in [0.5, 0.6) is 5.75 Å². The summed E-state index contributed by atoms with van der Waals surface area (Å²) in [4.78, 5) is 12.6. The lowest BCUT2D eigenvalue weighted by molar-refractivity contribution is -0.121. The Hall–Kier alpha value is -2.29. The highest BCUT2D eigenvalue weighted by Gasteiger charge is 2.26. The summed E-state index contributed by atoms with van der Waals surface area (Å²) in [5.74, 6) is 0.786. The van der Waals surface area contributed by atoms with Crippen LogP contribution in [0, 0.1) is 26.7 Å². The van der Waals surface area contributed by atoms with Gasteiger partial charge in [-0.1, -0.05) is 35.9 Å². The molecule has 0 aliphatic carbocycles. The van der Waals surface area contributed by atoms with Gasteiger partial charge in [-0.2, -0.15) is 0 Å². The molecule has 0 fully saturated rings. The molecule has 0 bridgehead atoms. The molecule has 0 spiro atoms. The molecule has 1 heterocycles. The third-order valence-electron chi connectivity index (χ3n) is 4.17. The van der Waals surface area contributed by atoms with Crippen LogP contribution in [0.25, 0.3) is 0 Å². The van der Waals surface area contributed by atoms with Gasteiger partial charge in [0.1, 0.15) is 12.4 Å². The number of anilines is 1. The Morgan fingerprint density at radius 3 is 2.55 bits per heavy atom. The minimum absolute atomic E-state index is 0.0320. The first-order valence-electron chi connectivity index (χ1n) is 7.64. The van der Waals surface area contributed by atoms with Crippen molar-refractivity contribution in [2.45, 2.75) is 27.2 Å². The summed E-state index contributed by atoms with van der Waals surface area (Å²) in [6.45, 7) is 6.56. The zero-order chi connectivity index (χ0) is 15.7. The molecule has 1 N–H and O–H groups in total. The van der Waals surface area contributed by atoms with Crippen LogP contribution in [0.15, 0.2) is 36.4 Å². The largest absolute Gasteiger partial charge is 0.492 e. The van der Waals surface area contributed by atoms with Crippen molar-refractivity contribution < 1.29 is 9.53 Å². The minimum atomic E-state index is -0.144. The number of aryl methyl sites for hydroxylation is 3. The first kappa shape index (κ1) is 14.6. The zero-order valence-corrected chi connectivity index (χ0v) is 13.3. The molecule has 0 saturated heterocycles. The maximum Gasteiger partial charge on any atom is 0.231 e. The molecule has 2 aromatic rings. The van der Waals surface area contributed by atoms with Gasteiger partial charge in [-0.3, -0.25) is 4.79 Å². The molecule has 2 aromatic carbocycles. The number of hydrogen-bond acceptors (Lipinski definition) is 2. The molecule has 0 radical (unpaired) electrons. The maximum absolute atomic E-state index is 12.6. The van der Waals surface area contributed by atoms with Crippen LogP contribution in [0.2, 0.25) is 0 Å². The molecule has 3 rings (SSSR count). The molecule has 0 aromatic heterocycles. The van der Waals surface area contributed by atoms with Crippen LogP contribution in [-0.2, 0) is 11.2 Å². The predicted octanol–water partition coefficient (Wildman–Crippen LogP) is 3.80. The standard InChI is InChI=1S/C19H21NO2/c1-12-8-13(2)18(14(3)9-12)20-19(21)16-10-15-6-4-5-7-17(15)22-11-16/h4-9,16H,10-11H2,1-3H3,(H,20,21)/t16-/m1/s1. The Morgan fingerprint density at radius 1 is 1.14 bits per heavy atom. The second kappa shape index (κ2) is 5.84. The molecule has 0 unspecified atom stereocenters. The smallest absolute Gasteiger partial charge is 0.231 e. The van der Waals surface area contributed by atoms with Gasteiger partial charge in [0.15, 0.2) is 0 Å². The Bertz CT molecular complexity index is 698. The first-order valence-corrected chi connectivity index (χ1v) is 7.64. The van der Waals surface area contributed by atoms with Crippen LogP contribution < -0.4 is 10.1 Å². The van der Waals surface area contributed by atoms with Crippen LogP contribution in [0.3, 0.4) is 0 Å². The highest BCUT2D eigenvalue weighted by atomic mass is 16.5. The molecule has 3 heteroatoms. The van der Waals surface area contributed by atoms with Crippen LogP contribution in [0.1, 0.15) is 22.3 Å². The van der Waals surface area contributed by atoms with Gasteiger partial charge >= 0.3 is 0 Å². The Kier molecular flexibility index (Phi) is 3.88. The van der Waals surface area contributed by atoms with Crippen molar-refractivity contribution in [3.05, 3.63) is 58.7 Å². The summed E-state index contributed by atoms with van der Waals surface area (Å²) in [6, 6.07) is 12.1. The zero-order valence-electron chi connectivity index (χ0n) is 13.3. The van der Waals surface area contributed by atoms with Gasteiger partial charge in [0.2, 0.25) is 5.91 Å². The monoisotopic (exact) mass is 295 g/mol. The average Bonchev–Trinajstić information content (AvgIpc) is 2.50. The summed E-state index contributed by atoms with van der Waals surface area (Å²) < 4.78 is 5.71. The van der Waals surface area contributed by atoms with E-state index >= 15 is 0 Å². The van der Waals surface area contributed by atoms with Crippen molar-refractivity contribution in [1.82, 2.24) is 0 Å². The van der Waals surface area contributed by atoms with Gasteiger partial charge in [-0.25, -0.2) is 0 Å². The van der Waals surface area contributed by atoms with E-state index in [-0.39, 0.29) is 11.8 Å². The number of para-hydroxylation sites is 1. The fraction of sp³-hybridized carbons (Fsp3) is 0.316. The molecule has 114 valence electrons. The normalized spacial score (nSPS) is 16.6. The lowest BCUT2D eigenvalue weighted by Gasteiger charge is -2.25.